The zero-order valence-corrected chi connectivity index (χ0v) is 11.1. The summed E-state index contributed by atoms with van der Waals surface area (Å²) >= 11 is 0. The van der Waals surface area contributed by atoms with Gasteiger partial charge >= 0.3 is 11.4 Å². The fourth-order valence-corrected chi connectivity index (χ4v) is 1.84. The fraction of sp³-hybridized carbons (Fsp3) is 0. The number of nitrogens with one attached hydrogen (secondary N) is 1. The van der Waals surface area contributed by atoms with E-state index in [1.807, 2.05) is 0 Å². The molecular formula is C13H10N4O5. The third-order valence-electron chi connectivity index (χ3n) is 2.82. The van der Waals surface area contributed by atoms with Gasteiger partial charge in [0.05, 0.1) is 15.4 Å². The molecule has 0 bridgehead atoms. The number of nitro groups is 2. The molecule has 2 rings (SSSR count). The van der Waals surface area contributed by atoms with Gasteiger partial charge < -0.3 is 11.1 Å². The Morgan fingerprint density at radius 2 is 1.50 bits per heavy atom. The second kappa shape index (κ2) is 5.87. The molecule has 2 aromatic carbocycles. The van der Waals surface area contributed by atoms with Crippen molar-refractivity contribution in [2.45, 2.75) is 0 Å². The van der Waals surface area contributed by atoms with Crippen LogP contribution >= 0.6 is 0 Å². The molecule has 0 saturated heterocycles. The molecule has 0 saturated carbocycles. The van der Waals surface area contributed by atoms with Crippen molar-refractivity contribution in [1.82, 2.24) is 0 Å². The highest BCUT2D eigenvalue weighted by Crippen LogP contribution is 2.37. The Kier molecular flexibility index (Phi) is 3.98. The number of hydrogen-bond donors (Lipinski definition) is 2. The normalized spacial score (nSPS) is 10.0. The number of para-hydroxylation sites is 1. The van der Waals surface area contributed by atoms with Gasteiger partial charge in [-0.3, -0.25) is 25.0 Å². The number of benzene rings is 2. The van der Waals surface area contributed by atoms with E-state index < -0.39 is 27.1 Å². The van der Waals surface area contributed by atoms with Crippen LogP contribution in [0.5, 0.6) is 0 Å². The van der Waals surface area contributed by atoms with E-state index in [1.165, 1.54) is 0 Å². The summed E-state index contributed by atoms with van der Waals surface area (Å²) < 4.78 is 0. The Hall–Kier alpha value is -3.49. The first kappa shape index (κ1) is 14.9. The number of rotatable bonds is 5. The molecule has 0 heterocycles. The van der Waals surface area contributed by atoms with Gasteiger partial charge in [-0.25, -0.2) is 0 Å². The molecule has 0 fully saturated rings. The van der Waals surface area contributed by atoms with Crippen LogP contribution in [0.15, 0.2) is 42.5 Å². The fourth-order valence-electron chi connectivity index (χ4n) is 1.84. The molecule has 0 unspecified atom stereocenters. The summed E-state index contributed by atoms with van der Waals surface area (Å²) in [6, 6.07) is 10.0. The SMILES string of the molecule is NC(=O)c1cc([N+](=O)[O-])c(Nc2ccccc2)c([N+](=O)[O-])c1. The lowest BCUT2D eigenvalue weighted by Crippen LogP contribution is -2.13. The van der Waals surface area contributed by atoms with Crippen molar-refractivity contribution in [2.24, 2.45) is 5.73 Å². The molecule has 0 spiro atoms. The quantitative estimate of drug-likeness (QED) is 0.641. The molecule has 22 heavy (non-hydrogen) atoms. The maximum atomic E-state index is 11.2. The minimum Gasteiger partial charge on any atom is -0.366 e. The number of amides is 1. The van der Waals surface area contributed by atoms with Crippen LogP contribution in [0.25, 0.3) is 0 Å². The van der Waals surface area contributed by atoms with Gasteiger partial charge in [-0.15, -0.1) is 0 Å². The first-order valence-electron chi connectivity index (χ1n) is 5.99. The van der Waals surface area contributed by atoms with Crippen molar-refractivity contribution in [3.05, 3.63) is 68.3 Å². The maximum Gasteiger partial charge on any atom is 0.300 e. The van der Waals surface area contributed by atoms with Crippen molar-refractivity contribution < 1.29 is 14.6 Å². The number of carbonyl (C=O) groups is 1. The largest absolute Gasteiger partial charge is 0.366 e. The minimum atomic E-state index is -0.988. The molecule has 0 aliphatic rings. The predicted molar refractivity (Wildman–Crippen MR) is 78.0 cm³/mol. The summed E-state index contributed by atoms with van der Waals surface area (Å²) in [5, 5.41) is 24.9. The van der Waals surface area contributed by atoms with E-state index in [2.05, 4.69) is 5.32 Å². The van der Waals surface area contributed by atoms with E-state index in [0.717, 1.165) is 12.1 Å². The van der Waals surface area contributed by atoms with E-state index in [4.69, 9.17) is 5.73 Å². The van der Waals surface area contributed by atoms with E-state index >= 15 is 0 Å². The van der Waals surface area contributed by atoms with Crippen molar-refractivity contribution >= 4 is 28.7 Å². The van der Waals surface area contributed by atoms with Crippen LogP contribution < -0.4 is 11.1 Å². The number of nitro benzene ring substituents is 2. The van der Waals surface area contributed by atoms with Crippen molar-refractivity contribution in [1.29, 1.82) is 0 Å². The Morgan fingerprint density at radius 1 is 1.00 bits per heavy atom. The second-order valence-corrected chi connectivity index (χ2v) is 4.26. The lowest BCUT2D eigenvalue weighted by Gasteiger charge is -2.08. The first-order valence-corrected chi connectivity index (χ1v) is 5.99. The molecule has 0 aliphatic heterocycles. The average molecular weight is 302 g/mol. The van der Waals surface area contributed by atoms with E-state index in [0.29, 0.717) is 5.69 Å². The van der Waals surface area contributed by atoms with Gasteiger partial charge in [-0.1, -0.05) is 18.2 Å². The lowest BCUT2D eigenvalue weighted by atomic mass is 10.1. The van der Waals surface area contributed by atoms with Gasteiger partial charge in [0, 0.05) is 17.8 Å². The van der Waals surface area contributed by atoms with Crippen LogP contribution in [0.2, 0.25) is 0 Å². The minimum absolute atomic E-state index is 0.308. The first-order chi connectivity index (χ1) is 10.4. The van der Waals surface area contributed by atoms with Crippen LogP contribution in [0.4, 0.5) is 22.7 Å². The van der Waals surface area contributed by atoms with E-state index in [9.17, 15) is 25.0 Å². The molecule has 0 radical (unpaired) electrons. The molecule has 9 nitrogen and oxygen atoms in total. The molecular weight excluding hydrogens is 292 g/mol. The smallest absolute Gasteiger partial charge is 0.300 e. The van der Waals surface area contributed by atoms with Crippen LogP contribution in [0, 0.1) is 20.2 Å². The maximum absolute atomic E-state index is 11.2. The topological polar surface area (TPSA) is 141 Å². The zero-order valence-electron chi connectivity index (χ0n) is 11.1. The molecule has 1 amide bonds. The van der Waals surface area contributed by atoms with Crippen molar-refractivity contribution in [3.63, 3.8) is 0 Å². The molecule has 0 aromatic heterocycles. The molecule has 3 N–H and O–H groups in total. The lowest BCUT2D eigenvalue weighted by molar-refractivity contribution is -0.392. The monoisotopic (exact) mass is 302 g/mol. The predicted octanol–water partition coefficient (Wildman–Crippen LogP) is 2.35. The average Bonchev–Trinajstić information content (AvgIpc) is 2.47. The molecule has 9 heteroatoms. The number of primary amides is 1. The number of nitrogens with zero attached hydrogens (tertiary/aromatic N) is 2. The van der Waals surface area contributed by atoms with Crippen LogP contribution in [0.3, 0.4) is 0 Å². The summed E-state index contributed by atoms with van der Waals surface area (Å²) in [6.07, 6.45) is 0. The van der Waals surface area contributed by atoms with Crippen molar-refractivity contribution in [2.75, 3.05) is 5.32 Å². The van der Waals surface area contributed by atoms with E-state index in [-0.39, 0.29) is 11.3 Å². The van der Waals surface area contributed by atoms with Crippen LogP contribution in [-0.2, 0) is 0 Å². The number of nitrogens with two attached hydrogens (primary N) is 1. The Morgan fingerprint density at radius 3 is 1.91 bits per heavy atom. The highest BCUT2D eigenvalue weighted by Gasteiger charge is 2.28. The second-order valence-electron chi connectivity index (χ2n) is 4.26. The highest BCUT2D eigenvalue weighted by molar-refractivity contribution is 5.96. The van der Waals surface area contributed by atoms with Gasteiger partial charge in [0.2, 0.25) is 5.91 Å². The van der Waals surface area contributed by atoms with Crippen molar-refractivity contribution in [3.8, 4) is 0 Å². The van der Waals surface area contributed by atoms with Gasteiger partial charge in [-0.05, 0) is 12.1 Å². The summed E-state index contributed by atoms with van der Waals surface area (Å²) in [5.41, 5.74) is 3.65. The van der Waals surface area contributed by atoms with Gasteiger partial charge in [0.25, 0.3) is 0 Å². The Bertz CT molecular complexity index is 725. The summed E-state index contributed by atoms with van der Waals surface area (Å²) in [5.74, 6) is -0.988. The third kappa shape index (κ3) is 2.98. The number of carbonyl (C=O) groups excluding carboxylic acids is 1. The summed E-state index contributed by atoms with van der Waals surface area (Å²) in [4.78, 5) is 31.9. The van der Waals surface area contributed by atoms with Crippen LogP contribution in [-0.4, -0.2) is 15.8 Å². The zero-order chi connectivity index (χ0) is 16.3. The highest BCUT2D eigenvalue weighted by atomic mass is 16.6. The van der Waals surface area contributed by atoms with Gasteiger partial charge in [0.1, 0.15) is 0 Å². The summed E-state index contributed by atoms with van der Waals surface area (Å²) in [7, 11) is 0. The number of hydrogen-bond acceptors (Lipinski definition) is 6. The molecule has 0 atom stereocenters. The van der Waals surface area contributed by atoms with Gasteiger partial charge in [0.15, 0.2) is 5.69 Å². The number of anilines is 2. The van der Waals surface area contributed by atoms with Gasteiger partial charge in [-0.2, -0.15) is 0 Å². The molecule has 0 aliphatic carbocycles. The molecule has 112 valence electrons. The standard InChI is InChI=1S/C13H10N4O5/c14-13(18)8-6-10(16(19)20)12(11(7-8)17(21)22)15-9-4-2-1-3-5-9/h1-7,15H,(H2,14,18). The van der Waals surface area contributed by atoms with E-state index in [1.54, 1.807) is 30.3 Å². The summed E-state index contributed by atoms with van der Waals surface area (Å²) in [6.45, 7) is 0. The molecule has 2 aromatic rings. The van der Waals surface area contributed by atoms with Crippen LogP contribution in [0.1, 0.15) is 10.4 Å². The third-order valence-corrected chi connectivity index (χ3v) is 2.82. The Labute approximate surface area is 123 Å². The Balaban J connectivity index is 2.66.